The molecule has 0 radical (unpaired) electrons. The number of carbonyl (C=O) groups excluding carboxylic acids is 2. The Hall–Kier alpha value is -2.06. The summed E-state index contributed by atoms with van der Waals surface area (Å²) in [5.74, 6) is -1.30. The van der Waals surface area contributed by atoms with Crippen molar-refractivity contribution < 1.29 is 19.6 Å². The van der Waals surface area contributed by atoms with Crippen LogP contribution in [0.15, 0.2) is 42.5 Å². The van der Waals surface area contributed by atoms with Gasteiger partial charge in [-0.15, -0.1) is 0 Å². The van der Waals surface area contributed by atoms with Gasteiger partial charge in [0.15, 0.2) is 0 Å². The van der Waals surface area contributed by atoms with Gasteiger partial charge in [-0.25, -0.2) is 0 Å². The first kappa shape index (κ1) is 23.2. The molecular formula is C20H23BCl2N2O4. The van der Waals surface area contributed by atoms with Crippen LogP contribution in [0.5, 0.6) is 0 Å². The van der Waals surface area contributed by atoms with Gasteiger partial charge < -0.3 is 20.7 Å². The van der Waals surface area contributed by atoms with Crippen LogP contribution < -0.4 is 10.6 Å². The van der Waals surface area contributed by atoms with E-state index >= 15 is 0 Å². The second kappa shape index (κ2) is 10.6. The van der Waals surface area contributed by atoms with Crippen molar-refractivity contribution in [1.82, 2.24) is 10.6 Å². The monoisotopic (exact) mass is 436 g/mol. The molecule has 0 heterocycles. The minimum atomic E-state index is -1.63. The average molecular weight is 437 g/mol. The predicted molar refractivity (Wildman–Crippen MR) is 115 cm³/mol. The summed E-state index contributed by atoms with van der Waals surface area (Å²) in [6.07, 6.45) is 0.444. The summed E-state index contributed by atoms with van der Waals surface area (Å²) in [6, 6.07) is 11.3. The molecule has 0 saturated heterocycles. The number of carbonyl (C=O) groups is 2. The second-order valence-corrected chi connectivity index (χ2v) is 7.97. The van der Waals surface area contributed by atoms with Crippen LogP contribution >= 0.6 is 23.2 Å². The van der Waals surface area contributed by atoms with E-state index in [2.05, 4.69) is 10.6 Å². The number of halogens is 2. The maximum Gasteiger partial charge on any atom is 0.475 e. The Morgan fingerprint density at radius 1 is 1.03 bits per heavy atom. The third kappa shape index (κ3) is 7.05. The second-order valence-electron chi connectivity index (χ2n) is 7.13. The third-order valence-electron chi connectivity index (χ3n) is 4.24. The van der Waals surface area contributed by atoms with E-state index in [1.807, 2.05) is 13.8 Å². The lowest BCUT2D eigenvalue weighted by Gasteiger charge is -2.19. The van der Waals surface area contributed by atoms with Crippen molar-refractivity contribution in [3.05, 3.63) is 69.2 Å². The maximum absolute atomic E-state index is 12.3. The summed E-state index contributed by atoms with van der Waals surface area (Å²) >= 11 is 11.9. The molecule has 29 heavy (non-hydrogen) atoms. The topological polar surface area (TPSA) is 98.7 Å². The predicted octanol–water partition coefficient (Wildman–Crippen LogP) is 3.08. The van der Waals surface area contributed by atoms with Crippen LogP contribution in [0.25, 0.3) is 0 Å². The summed E-state index contributed by atoms with van der Waals surface area (Å²) in [4.78, 5) is 24.6. The van der Waals surface area contributed by atoms with E-state index < -0.39 is 19.0 Å². The molecular weight excluding hydrogens is 414 g/mol. The van der Waals surface area contributed by atoms with E-state index in [1.54, 1.807) is 36.4 Å². The summed E-state index contributed by atoms with van der Waals surface area (Å²) in [6.45, 7) is 4.11. The average Bonchev–Trinajstić information content (AvgIpc) is 2.67. The Bertz CT molecular complexity index is 860. The fourth-order valence-corrected chi connectivity index (χ4v) is 3.11. The van der Waals surface area contributed by atoms with Gasteiger partial charge >= 0.3 is 7.12 Å². The third-order valence-corrected chi connectivity index (χ3v) is 4.81. The van der Waals surface area contributed by atoms with Crippen LogP contribution in [0.1, 0.15) is 46.5 Å². The number of amides is 2. The molecule has 0 aliphatic rings. The highest BCUT2D eigenvalue weighted by Crippen LogP contribution is 2.20. The van der Waals surface area contributed by atoms with Gasteiger partial charge in [0.05, 0.1) is 16.5 Å². The van der Waals surface area contributed by atoms with Gasteiger partial charge in [-0.3, -0.25) is 9.59 Å². The molecule has 0 fully saturated rings. The maximum atomic E-state index is 12.3. The van der Waals surface area contributed by atoms with E-state index in [4.69, 9.17) is 23.2 Å². The van der Waals surface area contributed by atoms with E-state index in [9.17, 15) is 19.6 Å². The molecule has 0 spiro atoms. The Kier molecular flexibility index (Phi) is 8.52. The van der Waals surface area contributed by atoms with Crippen molar-refractivity contribution in [2.45, 2.75) is 32.8 Å². The Morgan fingerprint density at radius 2 is 1.69 bits per heavy atom. The lowest BCUT2D eigenvalue weighted by Crippen LogP contribution is -2.47. The lowest BCUT2D eigenvalue weighted by molar-refractivity contribution is 0.0933. The highest BCUT2D eigenvalue weighted by molar-refractivity contribution is 6.43. The van der Waals surface area contributed by atoms with Gasteiger partial charge in [0, 0.05) is 17.1 Å². The van der Waals surface area contributed by atoms with Gasteiger partial charge in [-0.2, -0.15) is 0 Å². The molecule has 154 valence electrons. The van der Waals surface area contributed by atoms with Crippen molar-refractivity contribution >= 4 is 42.1 Å². The summed E-state index contributed by atoms with van der Waals surface area (Å²) in [5, 5.41) is 25.0. The van der Waals surface area contributed by atoms with E-state index in [-0.39, 0.29) is 23.9 Å². The molecule has 2 aromatic carbocycles. The molecule has 4 N–H and O–H groups in total. The molecule has 0 aliphatic carbocycles. The summed E-state index contributed by atoms with van der Waals surface area (Å²) in [5.41, 5.74) is 1.45. The van der Waals surface area contributed by atoms with Gasteiger partial charge in [0.1, 0.15) is 0 Å². The number of hydrogen-bond donors (Lipinski definition) is 4. The van der Waals surface area contributed by atoms with Gasteiger partial charge in [-0.05, 0) is 48.2 Å². The van der Waals surface area contributed by atoms with Gasteiger partial charge in [0.25, 0.3) is 11.8 Å². The fourth-order valence-electron chi connectivity index (χ4n) is 2.74. The Balaban J connectivity index is 1.96. The first-order valence-electron chi connectivity index (χ1n) is 9.16. The van der Waals surface area contributed by atoms with E-state index in [0.717, 1.165) is 5.56 Å². The normalized spacial score (nSPS) is 11.8. The smallest absolute Gasteiger partial charge is 0.426 e. The molecule has 0 aromatic heterocycles. The van der Waals surface area contributed by atoms with Crippen molar-refractivity contribution in [2.75, 3.05) is 0 Å². The minimum Gasteiger partial charge on any atom is -0.426 e. The number of rotatable bonds is 8. The highest BCUT2D eigenvalue weighted by atomic mass is 35.5. The standard InChI is InChI=1S/C20H23BCl2N2O4/c1-12(2)9-18(21(28)29)25-19(26)14-5-3-13(4-6-14)11-24-20(27)16-10-15(22)7-8-17(16)23/h3-8,10,12,18,28-29H,9,11H2,1-2H3,(H,24,27)(H,25,26). The zero-order chi connectivity index (χ0) is 21.6. The van der Waals surface area contributed by atoms with E-state index in [0.29, 0.717) is 22.0 Å². The quantitative estimate of drug-likeness (QED) is 0.478. The fraction of sp³-hybridized carbons (Fsp3) is 0.300. The Labute approximate surface area is 180 Å². The molecule has 2 aromatic rings. The van der Waals surface area contributed by atoms with Crippen LogP contribution in [-0.4, -0.2) is 34.9 Å². The molecule has 0 saturated carbocycles. The minimum absolute atomic E-state index is 0.195. The van der Waals surface area contributed by atoms with Gasteiger partial charge in [-0.1, -0.05) is 49.2 Å². The molecule has 2 rings (SSSR count). The van der Waals surface area contributed by atoms with Crippen LogP contribution in [0, 0.1) is 5.92 Å². The van der Waals surface area contributed by atoms with Crippen molar-refractivity contribution in [3.8, 4) is 0 Å². The SMILES string of the molecule is CC(C)CC(NC(=O)c1ccc(CNC(=O)c2cc(Cl)ccc2Cl)cc1)B(O)O. The highest BCUT2D eigenvalue weighted by Gasteiger charge is 2.26. The number of hydrogen-bond acceptors (Lipinski definition) is 4. The summed E-state index contributed by atoms with van der Waals surface area (Å²) in [7, 11) is -1.63. The van der Waals surface area contributed by atoms with Gasteiger partial charge in [0.2, 0.25) is 0 Å². The van der Waals surface area contributed by atoms with Crippen molar-refractivity contribution in [1.29, 1.82) is 0 Å². The summed E-state index contributed by atoms with van der Waals surface area (Å²) < 4.78 is 0. The van der Waals surface area contributed by atoms with Crippen LogP contribution in [0.4, 0.5) is 0 Å². The van der Waals surface area contributed by atoms with Crippen LogP contribution in [0.2, 0.25) is 10.0 Å². The zero-order valence-corrected chi connectivity index (χ0v) is 17.7. The van der Waals surface area contributed by atoms with Crippen molar-refractivity contribution in [2.24, 2.45) is 5.92 Å². The van der Waals surface area contributed by atoms with E-state index in [1.165, 1.54) is 6.07 Å². The Morgan fingerprint density at radius 3 is 2.28 bits per heavy atom. The largest absolute Gasteiger partial charge is 0.475 e. The zero-order valence-electron chi connectivity index (χ0n) is 16.2. The van der Waals surface area contributed by atoms with Crippen LogP contribution in [-0.2, 0) is 6.54 Å². The number of nitrogens with one attached hydrogen (secondary N) is 2. The molecule has 0 aliphatic heterocycles. The molecule has 2 amide bonds. The number of benzene rings is 2. The molecule has 6 nitrogen and oxygen atoms in total. The molecule has 0 bridgehead atoms. The first-order valence-corrected chi connectivity index (χ1v) is 9.92. The molecule has 9 heteroatoms. The lowest BCUT2D eigenvalue weighted by atomic mass is 9.75. The first-order chi connectivity index (χ1) is 13.7. The molecule has 1 unspecified atom stereocenters. The van der Waals surface area contributed by atoms with Crippen LogP contribution in [0.3, 0.4) is 0 Å². The molecule has 1 atom stereocenters. The van der Waals surface area contributed by atoms with Crippen molar-refractivity contribution in [3.63, 3.8) is 0 Å².